The molecule has 1 fully saturated rings. The van der Waals surface area contributed by atoms with E-state index in [9.17, 15) is 4.79 Å². The first-order chi connectivity index (χ1) is 12.3. The van der Waals surface area contributed by atoms with Crippen LogP contribution in [0.3, 0.4) is 0 Å². The smallest absolute Gasteiger partial charge is 0.255 e. The molecular formula is C19H17N3O2S. The average Bonchev–Trinajstić information content (AvgIpc) is 3.15. The zero-order valence-corrected chi connectivity index (χ0v) is 14.3. The van der Waals surface area contributed by atoms with Crippen LogP contribution in [0.2, 0.25) is 0 Å². The van der Waals surface area contributed by atoms with E-state index in [1.165, 1.54) is 0 Å². The van der Waals surface area contributed by atoms with Crippen molar-refractivity contribution in [3.63, 3.8) is 0 Å². The number of nitrogens with zero attached hydrogens (tertiary/aromatic N) is 2. The minimum atomic E-state index is -0.203. The highest BCUT2D eigenvalue weighted by molar-refractivity contribution is 7.99. The summed E-state index contributed by atoms with van der Waals surface area (Å²) in [6, 6.07) is 12.9. The van der Waals surface area contributed by atoms with Crippen molar-refractivity contribution < 1.29 is 9.53 Å². The third-order valence-electron chi connectivity index (χ3n) is 4.05. The van der Waals surface area contributed by atoms with Crippen LogP contribution in [0.25, 0.3) is 10.9 Å². The van der Waals surface area contributed by atoms with E-state index in [0.29, 0.717) is 17.1 Å². The maximum Gasteiger partial charge on any atom is 0.255 e. The first kappa shape index (κ1) is 15.9. The van der Waals surface area contributed by atoms with Crippen LogP contribution < -0.4 is 10.1 Å². The quantitative estimate of drug-likeness (QED) is 0.775. The van der Waals surface area contributed by atoms with Crippen molar-refractivity contribution in [2.75, 3.05) is 16.8 Å². The Morgan fingerprint density at radius 2 is 2.08 bits per heavy atom. The Balaban J connectivity index is 1.54. The van der Waals surface area contributed by atoms with Crippen molar-refractivity contribution in [2.24, 2.45) is 0 Å². The first-order valence-corrected chi connectivity index (χ1v) is 9.30. The molecule has 6 heteroatoms. The molecule has 1 atom stereocenters. The Morgan fingerprint density at radius 3 is 2.96 bits per heavy atom. The molecule has 1 N–H and O–H groups in total. The van der Waals surface area contributed by atoms with Gasteiger partial charge < -0.3 is 10.1 Å². The summed E-state index contributed by atoms with van der Waals surface area (Å²) in [5.41, 5.74) is 1.98. The number of hydrogen-bond donors (Lipinski definition) is 1. The molecule has 3 heterocycles. The van der Waals surface area contributed by atoms with E-state index in [1.54, 1.807) is 24.5 Å². The monoisotopic (exact) mass is 351 g/mol. The molecule has 0 unspecified atom stereocenters. The van der Waals surface area contributed by atoms with Crippen molar-refractivity contribution in [3.05, 3.63) is 60.4 Å². The number of fused-ring (bicyclic) bond motifs is 1. The number of anilines is 1. The summed E-state index contributed by atoms with van der Waals surface area (Å²) in [5, 5.41) is 3.92. The standard InChI is InChI=1S/C19H17N3O2S/c23-19(22-16-5-1-3-13-4-2-8-21-18(13)16)14-6-9-20-17(11-14)24-15-7-10-25-12-15/h1-6,8-9,11,15H,7,10,12H2,(H,22,23)/t15-/m1/s1. The lowest BCUT2D eigenvalue weighted by Crippen LogP contribution is -2.17. The fraction of sp³-hybridized carbons (Fsp3) is 0.211. The third kappa shape index (κ3) is 3.58. The van der Waals surface area contributed by atoms with Crippen molar-refractivity contribution in [1.29, 1.82) is 0 Å². The second kappa shape index (κ2) is 7.11. The average molecular weight is 351 g/mol. The van der Waals surface area contributed by atoms with Gasteiger partial charge in [-0.25, -0.2) is 4.98 Å². The van der Waals surface area contributed by atoms with Gasteiger partial charge in [-0.1, -0.05) is 18.2 Å². The Hall–Kier alpha value is -2.60. The van der Waals surface area contributed by atoms with Gasteiger partial charge in [0.05, 0.1) is 11.2 Å². The molecule has 4 rings (SSSR count). The molecule has 0 bridgehead atoms. The van der Waals surface area contributed by atoms with E-state index in [1.807, 2.05) is 42.1 Å². The zero-order chi connectivity index (χ0) is 17.1. The van der Waals surface area contributed by atoms with E-state index in [4.69, 9.17) is 4.74 Å². The van der Waals surface area contributed by atoms with Crippen LogP contribution >= 0.6 is 11.8 Å². The fourth-order valence-corrected chi connectivity index (χ4v) is 3.89. The van der Waals surface area contributed by atoms with E-state index < -0.39 is 0 Å². The molecule has 1 saturated heterocycles. The second-order valence-corrected chi connectivity index (χ2v) is 6.97. The Bertz CT molecular complexity index is 905. The van der Waals surface area contributed by atoms with Crippen LogP contribution in [0.5, 0.6) is 5.88 Å². The molecule has 1 aliphatic heterocycles. The number of para-hydroxylation sites is 1. The molecule has 0 radical (unpaired) electrons. The summed E-state index contributed by atoms with van der Waals surface area (Å²) in [6.07, 6.45) is 4.52. The van der Waals surface area contributed by atoms with Gasteiger partial charge in [0.15, 0.2) is 0 Å². The topological polar surface area (TPSA) is 64.1 Å². The molecule has 0 spiro atoms. The lowest BCUT2D eigenvalue weighted by molar-refractivity contribution is 0.102. The molecule has 1 aliphatic rings. The highest BCUT2D eigenvalue weighted by atomic mass is 32.2. The number of pyridine rings is 2. The number of amides is 1. The highest BCUT2D eigenvalue weighted by Crippen LogP contribution is 2.24. The predicted octanol–water partition coefficient (Wildman–Crippen LogP) is 3.77. The van der Waals surface area contributed by atoms with Gasteiger partial charge in [-0.05, 0) is 30.4 Å². The van der Waals surface area contributed by atoms with Crippen LogP contribution in [-0.2, 0) is 0 Å². The molecule has 1 aromatic carbocycles. The number of aromatic nitrogens is 2. The number of carbonyl (C=O) groups is 1. The number of hydrogen-bond acceptors (Lipinski definition) is 5. The van der Waals surface area contributed by atoms with Gasteiger partial charge in [0.2, 0.25) is 5.88 Å². The van der Waals surface area contributed by atoms with E-state index >= 15 is 0 Å². The van der Waals surface area contributed by atoms with Crippen LogP contribution in [-0.4, -0.2) is 33.5 Å². The Labute approximate surface area is 149 Å². The van der Waals surface area contributed by atoms with Gasteiger partial charge >= 0.3 is 0 Å². The molecule has 3 aromatic rings. The molecule has 126 valence electrons. The lowest BCUT2D eigenvalue weighted by Gasteiger charge is -2.12. The predicted molar refractivity (Wildman–Crippen MR) is 100 cm³/mol. The highest BCUT2D eigenvalue weighted by Gasteiger charge is 2.18. The second-order valence-electron chi connectivity index (χ2n) is 5.82. The van der Waals surface area contributed by atoms with Crippen molar-refractivity contribution in [3.8, 4) is 5.88 Å². The third-order valence-corrected chi connectivity index (χ3v) is 5.19. The number of carbonyl (C=O) groups excluding carboxylic acids is 1. The van der Waals surface area contributed by atoms with E-state index in [0.717, 1.165) is 28.8 Å². The van der Waals surface area contributed by atoms with Crippen LogP contribution in [0, 0.1) is 0 Å². The van der Waals surface area contributed by atoms with Gasteiger partial charge in [-0.15, -0.1) is 0 Å². The fourth-order valence-electron chi connectivity index (χ4n) is 2.79. The number of rotatable bonds is 4. The van der Waals surface area contributed by atoms with Gasteiger partial charge in [-0.3, -0.25) is 9.78 Å². The Morgan fingerprint density at radius 1 is 1.16 bits per heavy atom. The summed E-state index contributed by atoms with van der Waals surface area (Å²) in [7, 11) is 0. The lowest BCUT2D eigenvalue weighted by atomic mass is 10.2. The minimum absolute atomic E-state index is 0.179. The molecule has 0 saturated carbocycles. The van der Waals surface area contributed by atoms with Gasteiger partial charge in [0.25, 0.3) is 5.91 Å². The number of ether oxygens (including phenoxy) is 1. The van der Waals surface area contributed by atoms with Crippen molar-refractivity contribution in [1.82, 2.24) is 9.97 Å². The molecule has 1 amide bonds. The number of nitrogens with one attached hydrogen (secondary N) is 1. The largest absolute Gasteiger partial charge is 0.473 e. The van der Waals surface area contributed by atoms with Gasteiger partial charge in [-0.2, -0.15) is 11.8 Å². The summed E-state index contributed by atoms with van der Waals surface area (Å²) in [6.45, 7) is 0. The summed E-state index contributed by atoms with van der Waals surface area (Å²) in [5.74, 6) is 2.38. The Kier molecular flexibility index (Phi) is 4.52. The summed E-state index contributed by atoms with van der Waals surface area (Å²) in [4.78, 5) is 21.2. The van der Waals surface area contributed by atoms with Crippen molar-refractivity contribution in [2.45, 2.75) is 12.5 Å². The maximum atomic E-state index is 12.6. The van der Waals surface area contributed by atoms with E-state index in [-0.39, 0.29) is 12.0 Å². The SMILES string of the molecule is O=C(Nc1cccc2cccnc12)c1ccnc(O[C@@H]2CCSC2)c1. The summed E-state index contributed by atoms with van der Waals surface area (Å²) >= 11 is 1.88. The summed E-state index contributed by atoms with van der Waals surface area (Å²) < 4.78 is 5.86. The molecule has 0 aliphatic carbocycles. The maximum absolute atomic E-state index is 12.6. The van der Waals surface area contributed by atoms with Crippen LogP contribution in [0.15, 0.2) is 54.9 Å². The van der Waals surface area contributed by atoms with E-state index in [2.05, 4.69) is 15.3 Å². The number of benzene rings is 1. The van der Waals surface area contributed by atoms with Crippen molar-refractivity contribution >= 4 is 34.3 Å². The molecular weight excluding hydrogens is 334 g/mol. The molecule has 25 heavy (non-hydrogen) atoms. The zero-order valence-electron chi connectivity index (χ0n) is 13.5. The minimum Gasteiger partial charge on any atom is -0.473 e. The number of thioether (sulfide) groups is 1. The van der Waals surface area contributed by atoms with Gasteiger partial charge in [0, 0.05) is 35.2 Å². The molecule has 5 nitrogen and oxygen atoms in total. The first-order valence-electron chi connectivity index (χ1n) is 8.15. The normalized spacial score (nSPS) is 16.7. The van der Waals surface area contributed by atoms with Gasteiger partial charge in [0.1, 0.15) is 6.10 Å². The molecule has 2 aromatic heterocycles. The van der Waals surface area contributed by atoms with Crippen LogP contribution in [0.4, 0.5) is 5.69 Å². The van der Waals surface area contributed by atoms with Crippen LogP contribution in [0.1, 0.15) is 16.8 Å².